The van der Waals surface area contributed by atoms with E-state index in [-0.39, 0.29) is 43.0 Å². The van der Waals surface area contributed by atoms with E-state index in [1.54, 1.807) is 62.4 Å². The number of primary amides is 1. The number of aliphatic hydroxyl groups excluding tert-OH is 8. The first-order valence-corrected chi connectivity index (χ1v) is 41.3. The summed E-state index contributed by atoms with van der Waals surface area (Å²) in [6.07, 6.45) is -29.3. The molecule has 11 bridgehead atoms. The minimum atomic E-state index is -2.43. The number of phenols is 3. The van der Waals surface area contributed by atoms with Crippen LogP contribution in [0.2, 0.25) is 15.1 Å². The normalized spacial score (nSPS) is 29.4. The first-order valence-electron chi connectivity index (χ1n) is 40.1. The molecule has 1 unspecified atom stereocenters. The van der Waals surface area contributed by atoms with Crippen LogP contribution in [0.4, 0.5) is 0 Å². The molecule has 0 aliphatic carbocycles. The summed E-state index contributed by atoms with van der Waals surface area (Å²) in [5.41, 5.74) is 8.67. The molecular formula is C85H95Cl3N10O29. The Balaban J connectivity index is 0.958. The predicted octanol–water partition coefficient (Wildman–Crippen LogP) is 2.17. The van der Waals surface area contributed by atoms with Gasteiger partial charge in [0.2, 0.25) is 53.4 Å². The van der Waals surface area contributed by atoms with Crippen molar-refractivity contribution in [3.05, 3.63) is 176 Å². The summed E-state index contributed by atoms with van der Waals surface area (Å²) >= 11 is 20.6. The second-order valence-electron chi connectivity index (χ2n) is 32.2. The maximum atomic E-state index is 16.4. The van der Waals surface area contributed by atoms with Crippen molar-refractivity contribution >= 4 is 82.1 Å². The minimum Gasteiger partial charge on any atom is -0.508 e. The number of hydrogen-bond acceptors (Lipinski definition) is 31. The third-order valence-electron chi connectivity index (χ3n) is 22.3. The van der Waals surface area contributed by atoms with Crippen molar-refractivity contribution in [1.82, 2.24) is 42.5 Å². The Morgan fingerprint density at radius 3 is 1.92 bits per heavy atom. The fourth-order valence-corrected chi connectivity index (χ4v) is 16.3. The van der Waals surface area contributed by atoms with E-state index in [1.807, 2.05) is 0 Å². The van der Waals surface area contributed by atoms with Gasteiger partial charge in [-0.15, -0.1) is 0 Å². The fraction of sp³-hybridized carbons (Fsp3) is 0.412. The third-order valence-corrected chi connectivity index (χ3v) is 23.2. The number of nitrogens with one attached hydrogen (secondary N) is 8. The van der Waals surface area contributed by atoms with Gasteiger partial charge in [0.1, 0.15) is 131 Å². The van der Waals surface area contributed by atoms with Gasteiger partial charge >= 0.3 is 5.97 Å². The highest BCUT2D eigenvalue weighted by molar-refractivity contribution is 6.32. The lowest BCUT2D eigenvalue weighted by Gasteiger charge is -2.46. The molecule has 3 saturated heterocycles. The fourth-order valence-electron chi connectivity index (χ4n) is 15.7. The van der Waals surface area contributed by atoms with E-state index < -0.39 is 284 Å². The smallest absolute Gasteiger partial charge is 0.330 e. The van der Waals surface area contributed by atoms with Gasteiger partial charge in [0.25, 0.3) is 0 Å². The third kappa shape index (κ3) is 21.0. The van der Waals surface area contributed by atoms with E-state index in [2.05, 4.69) is 42.5 Å². The zero-order valence-corrected chi connectivity index (χ0v) is 70.5. The Morgan fingerprint density at radius 2 is 1.28 bits per heavy atom. The number of carboxylic acid groups (broad SMARTS) is 1. The molecular weight excluding hydrogens is 1730 g/mol. The number of aliphatic hydroxyl groups is 8. The quantitative estimate of drug-likeness (QED) is 0.0490. The first kappa shape index (κ1) is 93.8. The van der Waals surface area contributed by atoms with Gasteiger partial charge < -0.3 is 158 Å². The monoisotopic (exact) mass is 1820 g/mol. The van der Waals surface area contributed by atoms with Gasteiger partial charge in [-0.1, -0.05) is 79.0 Å². The number of aromatic hydroxyl groups is 3. The van der Waals surface area contributed by atoms with Crippen molar-refractivity contribution in [2.75, 3.05) is 20.2 Å². The number of benzene rings is 7. The number of ether oxygens (including phenoxy) is 9. The van der Waals surface area contributed by atoms with Crippen LogP contribution in [0.3, 0.4) is 0 Å². The molecule has 24 N–H and O–H groups in total. The van der Waals surface area contributed by atoms with Crippen LogP contribution in [0, 0.1) is 5.92 Å². The molecule has 39 nitrogen and oxygen atoms in total. The van der Waals surface area contributed by atoms with Gasteiger partial charge in [-0.3, -0.25) is 33.6 Å². The molecule has 7 aromatic rings. The Labute approximate surface area is 738 Å². The zero-order valence-electron chi connectivity index (χ0n) is 68.2. The number of carbonyl (C=O) groups is 8. The predicted molar refractivity (Wildman–Crippen MR) is 445 cm³/mol. The molecule has 0 saturated carbocycles. The van der Waals surface area contributed by atoms with Crippen LogP contribution in [0.5, 0.6) is 57.5 Å². The average Bonchev–Trinajstić information content (AvgIpc) is 0.761. The van der Waals surface area contributed by atoms with Crippen molar-refractivity contribution in [3.8, 4) is 68.6 Å². The molecule has 0 aromatic heterocycles. The Kier molecular flexibility index (Phi) is 29.1. The molecule has 7 amide bonds. The number of fused-ring (bicyclic) bond motifs is 15. The zero-order chi connectivity index (χ0) is 91.6. The number of carboxylic acids is 1. The van der Waals surface area contributed by atoms with Crippen molar-refractivity contribution in [2.45, 2.75) is 193 Å². The summed E-state index contributed by atoms with van der Waals surface area (Å²) in [5, 5.41) is 160. The average molecular weight is 1830 g/mol. The van der Waals surface area contributed by atoms with Crippen molar-refractivity contribution < 1.29 is 142 Å². The Hall–Kier alpha value is -10.9. The van der Waals surface area contributed by atoms with E-state index >= 15 is 24.0 Å². The molecule has 680 valence electrons. The highest BCUT2D eigenvalue weighted by Crippen LogP contribution is 2.51. The van der Waals surface area contributed by atoms with Crippen LogP contribution in [0.25, 0.3) is 11.1 Å². The van der Waals surface area contributed by atoms with Crippen LogP contribution in [-0.4, -0.2) is 238 Å². The number of halogens is 3. The molecule has 8 aliphatic heterocycles. The van der Waals surface area contributed by atoms with Crippen LogP contribution in [-0.2, 0) is 68.6 Å². The molecule has 0 radical (unpaired) electrons. The highest BCUT2D eigenvalue weighted by atomic mass is 35.5. The molecule has 8 heterocycles. The lowest BCUT2D eigenvalue weighted by molar-refractivity contribution is -0.350. The molecule has 8 aliphatic rings. The lowest BCUT2D eigenvalue weighted by Crippen LogP contribution is -2.65. The summed E-state index contributed by atoms with van der Waals surface area (Å²) < 4.78 is 57.2. The maximum absolute atomic E-state index is 16.4. The van der Waals surface area contributed by atoms with Crippen molar-refractivity contribution in [2.24, 2.45) is 17.4 Å². The largest absolute Gasteiger partial charge is 0.508 e. The minimum absolute atomic E-state index is 0.132. The van der Waals surface area contributed by atoms with E-state index in [0.29, 0.717) is 22.1 Å². The Morgan fingerprint density at radius 1 is 0.638 bits per heavy atom. The summed E-state index contributed by atoms with van der Waals surface area (Å²) in [5.74, 6) is -15.7. The molecule has 0 spiro atoms. The number of likely N-dealkylation sites (N-methyl/N-ethyl adjacent to an activating group) is 1. The number of aliphatic carboxylic acids is 1. The summed E-state index contributed by atoms with van der Waals surface area (Å²) in [6.45, 7) is 5.33. The van der Waals surface area contributed by atoms with Gasteiger partial charge in [0.15, 0.2) is 30.1 Å². The highest BCUT2D eigenvalue weighted by Gasteiger charge is 2.53. The molecule has 23 atom stereocenters. The van der Waals surface area contributed by atoms with Crippen LogP contribution >= 0.6 is 34.8 Å². The summed E-state index contributed by atoms with van der Waals surface area (Å²) in [7, 11) is 1.46. The van der Waals surface area contributed by atoms with Gasteiger partial charge in [-0.25, -0.2) is 4.79 Å². The van der Waals surface area contributed by atoms with E-state index in [0.717, 1.165) is 66.7 Å². The SMILES string of the molecule is CN[C@H](CC(C)C)C(=O)NC1C(=O)N[C@@H](CC(N)=O)C(=O)N[C@H]2C(=O)N[C@H]3C(=O)N[C@H](C(=O)N[C@@H](C(=O)O)c4cc(O)cc(O)c4-c4cc3ccc4O)[C@H](O[C@H]3C[C@](C)(N)[C@@H](O)[C@H](C)O3)c3ccc(c(Cl)c3)Oc3cc2cc(c3O[C@@H]2O[C@H](CO)[C@@H](O[C@@H]3O[C@H](CNCc4cccc(Oc5ccc(Cl)cc5)c4)[C@H](O)[C@H](O)[C@H]3O)[C@H](O)[C@H]2O)Oc2ccc(cc2Cl)[C@H]1O. The van der Waals surface area contributed by atoms with Gasteiger partial charge in [-0.2, -0.15) is 0 Å². The molecule has 42 heteroatoms. The number of hydrogen-bond donors (Lipinski definition) is 22. The van der Waals surface area contributed by atoms with Crippen LogP contribution in [0.1, 0.15) is 111 Å². The number of rotatable bonds is 21. The van der Waals surface area contributed by atoms with Gasteiger partial charge in [0.05, 0.1) is 41.3 Å². The summed E-state index contributed by atoms with van der Waals surface area (Å²) in [4.78, 5) is 120. The van der Waals surface area contributed by atoms with Crippen LogP contribution < -0.4 is 72.9 Å². The number of carbonyl (C=O) groups excluding carboxylic acids is 7. The molecule has 127 heavy (non-hydrogen) atoms. The van der Waals surface area contributed by atoms with Gasteiger partial charge in [-0.05, 0) is 152 Å². The van der Waals surface area contributed by atoms with Crippen molar-refractivity contribution in [1.29, 1.82) is 0 Å². The summed E-state index contributed by atoms with van der Waals surface area (Å²) in [6, 6.07) is 12.6. The second-order valence-corrected chi connectivity index (χ2v) is 33.4. The van der Waals surface area contributed by atoms with Crippen molar-refractivity contribution in [3.63, 3.8) is 0 Å². The van der Waals surface area contributed by atoms with E-state index in [9.17, 15) is 75.7 Å². The molecule has 7 aromatic carbocycles. The first-order chi connectivity index (χ1) is 60.3. The maximum Gasteiger partial charge on any atom is 0.330 e. The number of amides is 7. The molecule has 3 fully saturated rings. The van der Waals surface area contributed by atoms with Gasteiger partial charge in [0, 0.05) is 52.8 Å². The number of phenolic OH excluding ortho intramolecular Hbond substituents is 3. The van der Waals surface area contributed by atoms with E-state index in [4.69, 9.17) is 88.9 Å². The lowest BCUT2D eigenvalue weighted by atomic mass is 9.86. The number of nitrogens with two attached hydrogens (primary N) is 2. The Bertz CT molecular complexity index is 5290. The van der Waals surface area contributed by atoms with Crippen LogP contribution in [0.15, 0.2) is 127 Å². The van der Waals surface area contributed by atoms with E-state index in [1.165, 1.54) is 33.0 Å². The molecule has 15 rings (SSSR count). The second kappa shape index (κ2) is 39.4. The topological polar surface area (TPSA) is 611 Å². The standard InChI is InChI=1S/C85H95Cl3N10O29/c1-33(2)19-48(91-5)76(111)97-64-66(104)37-10-17-52(46(87)22-37)121-54-24-39-25-55(73(54)126-84-71(109)69(107)74(57(32-99)124-84)127-83-70(108)68(106)67(105)56(123-83)31-92-30-35-7-6-8-43(20-35)120-42-14-12-40(86)13-15-42)122-53-18-11-38(23-47(53)88)72(125-59-29-85(4,90)75(110)34(3)119-59)65-81(116)96-63(82(117)118)45-26-41(100)27-51(102)60(45)44-21-36(9-16-50(44)101)61(78(113)98-65)95-79(114)62(39)94-77(112)49(28-58(89)103)93-80(64)115/h6-18,20-27,33-34,48-49,56-57,59,61-72,74-75,83-84,91-92,99-102,104-110H,19,28-32,90H2,1-5H3,(H2,89,103)(H,93,115)(H,94,112)(H,95,114)(H,96,116)(H,97,111)(H,98,113)(H,117,118)/t34-,48+,49-,56+,57+,59-,61+,62+,63+,64?,65-,66+,67-,68-,69+,70+,71+,72+,74+,75-,83-,84-,85-/m0/s1.